The van der Waals surface area contributed by atoms with Gasteiger partial charge >= 0.3 is 0 Å². The van der Waals surface area contributed by atoms with Gasteiger partial charge in [-0.15, -0.1) is 0 Å². The number of amides is 1. The monoisotopic (exact) mass is 363 g/mol. The molecule has 0 saturated carbocycles. The molecule has 0 spiro atoms. The van der Waals surface area contributed by atoms with Crippen molar-refractivity contribution in [3.63, 3.8) is 0 Å². The van der Waals surface area contributed by atoms with Crippen molar-refractivity contribution in [3.8, 4) is 0 Å². The Balaban J connectivity index is 1.68. The van der Waals surface area contributed by atoms with Gasteiger partial charge in [-0.05, 0) is 30.5 Å². The zero-order chi connectivity index (χ0) is 17.1. The fourth-order valence-electron chi connectivity index (χ4n) is 3.44. The lowest BCUT2D eigenvalue weighted by Gasteiger charge is -2.30. The molecule has 2 atom stereocenters. The van der Waals surface area contributed by atoms with Crippen molar-refractivity contribution in [2.45, 2.75) is 25.3 Å². The molecule has 0 aliphatic heterocycles. The van der Waals surface area contributed by atoms with Crippen molar-refractivity contribution in [2.75, 3.05) is 18.9 Å². The lowest BCUT2D eigenvalue weighted by molar-refractivity contribution is -0.905. The number of carbonyl (C=O) groups excluding carboxylic acids is 1. The lowest BCUT2D eigenvalue weighted by atomic mass is 9.87. The Hall–Kier alpha value is -1.55. The SMILES string of the molecule is C[NH+](CC(=O)Nc1cccc(Cl)c1Cl)[C@@H]1CCCc2ccccc21. The molecule has 3 nitrogen and oxygen atoms in total. The van der Waals surface area contributed by atoms with Gasteiger partial charge < -0.3 is 10.2 Å². The molecule has 2 aromatic carbocycles. The molecule has 1 unspecified atom stereocenters. The maximum absolute atomic E-state index is 12.4. The Morgan fingerprint density at radius 2 is 2.00 bits per heavy atom. The van der Waals surface area contributed by atoms with Crippen LogP contribution in [0.25, 0.3) is 0 Å². The number of rotatable bonds is 4. The molecule has 1 amide bonds. The van der Waals surface area contributed by atoms with Crippen molar-refractivity contribution < 1.29 is 9.69 Å². The minimum Gasteiger partial charge on any atom is -0.323 e. The van der Waals surface area contributed by atoms with Crippen LogP contribution in [-0.4, -0.2) is 19.5 Å². The number of fused-ring (bicyclic) bond motifs is 1. The van der Waals surface area contributed by atoms with Gasteiger partial charge in [0.05, 0.1) is 22.8 Å². The van der Waals surface area contributed by atoms with Gasteiger partial charge in [0.25, 0.3) is 5.91 Å². The average molecular weight is 364 g/mol. The number of hydrogen-bond donors (Lipinski definition) is 2. The van der Waals surface area contributed by atoms with Gasteiger partial charge in [0.15, 0.2) is 6.54 Å². The Morgan fingerprint density at radius 1 is 1.21 bits per heavy atom. The molecule has 24 heavy (non-hydrogen) atoms. The van der Waals surface area contributed by atoms with Gasteiger partial charge in [0, 0.05) is 12.0 Å². The van der Waals surface area contributed by atoms with E-state index in [-0.39, 0.29) is 5.91 Å². The Kier molecular flexibility index (Phi) is 5.44. The van der Waals surface area contributed by atoms with Crippen LogP contribution >= 0.6 is 23.2 Å². The second kappa shape index (κ2) is 7.56. The van der Waals surface area contributed by atoms with E-state index in [1.165, 1.54) is 22.4 Å². The van der Waals surface area contributed by atoms with Crippen molar-refractivity contribution in [1.29, 1.82) is 0 Å². The van der Waals surface area contributed by atoms with Crippen LogP contribution in [0.2, 0.25) is 10.0 Å². The van der Waals surface area contributed by atoms with Crippen molar-refractivity contribution in [1.82, 2.24) is 0 Å². The predicted molar refractivity (Wildman–Crippen MR) is 99.0 cm³/mol. The standard InChI is InChI=1S/C19H20Cl2N2O/c1-23(17-11-4-7-13-6-2-3-8-14(13)17)12-18(24)22-16-10-5-9-15(20)19(16)21/h2-3,5-6,8-10,17H,4,7,11-12H2,1H3,(H,22,24)/p+1/t17-/m1/s1. The first-order valence-corrected chi connectivity index (χ1v) is 8.96. The van der Waals surface area contributed by atoms with E-state index in [9.17, 15) is 4.79 Å². The summed E-state index contributed by atoms with van der Waals surface area (Å²) in [6.07, 6.45) is 3.40. The van der Waals surface area contributed by atoms with Crippen LogP contribution < -0.4 is 10.2 Å². The summed E-state index contributed by atoms with van der Waals surface area (Å²) in [4.78, 5) is 13.6. The first kappa shape index (κ1) is 17.3. The third-order valence-corrected chi connectivity index (χ3v) is 5.45. The first-order chi connectivity index (χ1) is 11.6. The van der Waals surface area contributed by atoms with E-state index in [2.05, 4.69) is 36.6 Å². The van der Waals surface area contributed by atoms with Crippen LogP contribution in [0.15, 0.2) is 42.5 Å². The van der Waals surface area contributed by atoms with Gasteiger partial charge in [0.2, 0.25) is 0 Å². The maximum Gasteiger partial charge on any atom is 0.279 e. The Labute approximate surface area is 152 Å². The molecule has 5 heteroatoms. The topological polar surface area (TPSA) is 33.5 Å². The smallest absolute Gasteiger partial charge is 0.279 e. The predicted octanol–water partition coefficient (Wildman–Crippen LogP) is 3.52. The van der Waals surface area contributed by atoms with Crippen molar-refractivity contribution in [2.24, 2.45) is 0 Å². The number of anilines is 1. The molecule has 0 bridgehead atoms. The highest BCUT2D eigenvalue weighted by atomic mass is 35.5. The third-order valence-electron chi connectivity index (χ3n) is 4.63. The van der Waals surface area contributed by atoms with E-state index in [0.29, 0.717) is 28.3 Å². The van der Waals surface area contributed by atoms with Gasteiger partial charge in [-0.2, -0.15) is 0 Å². The number of halogens is 2. The Bertz CT molecular complexity index is 748. The fourth-order valence-corrected chi connectivity index (χ4v) is 3.78. The zero-order valence-corrected chi connectivity index (χ0v) is 15.1. The summed E-state index contributed by atoms with van der Waals surface area (Å²) in [5.74, 6) is -0.0558. The molecule has 2 aromatic rings. The van der Waals surface area contributed by atoms with E-state index in [1.807, 2.05) is 0 Å². The number of nitrogens with one attached hydrogen (secondary N) is 2. The molecule has 0 fully saturated rings. The van der Waals surface area contributed by atoms with Gasteiger partial charge in [-0.25, -0.2) is 0 Å². The number of hydrogen-bond acceptors (Lipinski definition) is 1. The normalized spacial score (nSPS) is 17.9. The third kappa shape index (κ3) is 3.75. The van der Waals surface area contributed by atoms with E-state index >= 15 is 0 Å². The summed E-state index contributed by atoms with van der Waals surface area (Å²) in [6.45, 7) is 0.391. The van der Waals surface area contributed by atoms with Gasteiger partial charge in [-0.3, -0.25) is 4.79 Å². The molecule has 0 aromatic heterocycles. The summed E-state index contributed by atoms with van der Waals surface area (Å²) in [7, 11) is 2.08. The van der Waals surface area contributed by atoms with Crippen molar-refractivity contribution >= 4 is 34.8 Å². The molecular formula is C19H21Cl2N2O+. The number of likely N-dealkylation sites (N-methyl/N-ethyl adjacent to an activating group) is 1. The molecule has 1 aliphatic carbocycles. The quantitative estimate of drug-likeness (QED) is 0.855. The first-order valence-electron chi connectivity index (χ1n) is 8.20. The number of benzene rings is 2. The van der Waals surface area contributed by atoms with Crippen LogP contribution in [0, 0.1) is 0 Å². The summed E-state index contributed by atoms with van der Waals surface area (Å²) in [5.41, 5.74) is 3.34. The molecule has 3 rings (SSSR count). The van der Waals surface area contributed by atoms with Crippen LogP contribution in [-0.2, 0) is 11.2 Å². The minimum atomic E-state index is -0.0558. The number of carbonyl (C=O) groups is 1. The molecule has 0 heterocycles. The largest absolute Gasteiger partial charge is 0.323 e. The molecule has 2 N–H and O–H groups in total. The van der Waals surface area contributed by atoms with Gasteiger partial charge in [0.1, 0.15) is 6.04 Å². The van der Waals surface area contributed by atoms with Gasteiger partial charge in [-0.1, -0.05) is 53.5 Å². The number of quaternary nitrogens is 1. The Morgan fingerprint density at radius 3 is 2.83 bits per heavy atom. The van der Waals surface area contributed by atoms with Crippen LogP contribution in [0.5, 0.6) is 0 Å². The molecular weight excluding hydrogens is 343 g/mol. The highest BCUT2D eigenvalue weighted by Crippen LogP contribution is 2.29. The van der Waals surface area contributed by atoms with Crippen LogP contribution in [0.3, 0.4) is 0 Å². The second-order valence-corrected chi connectivity index (χ2v) is 7.10. The second-order valence-electron chi connectivity index (χ2n) is 6.32. The molecule has 126 valence electrons. The highest BCUT2D eigenvalue weighted by Gasteiger charge is 2.28. The average Bonchev–Trinajstić information content (AvgIpc) is 2.58. The fraction of sp³-hybridized carbons (Fsp3) is 0.316. The molecule has 0 radical (unpaired) electrons. The summed E-state index contributed by atoms with van der Waals surface area (Å²) in [5, 5.41) is 3.69. The van der Waals surface area contributed by atoms with Crippen molar-refractivity contribution in [3.05, 3.63) is 63.6 Å². The number of aryl methyl sites for hydroxylation is 1. The zero-order valence-electron chi connectivity index (χ0n) is 13.6. The summed E-state index contributed by atoms with van der Waals surface area (Å²) in [6, 6.07) is 14.1. The minimum absolute atomic E-state index is 0.0558. The van der Waals surface area contributed by atoms with E-state index in [4.69, 9.17) is 23.2 Å². The highest BCUT2D eigenvalue weighted by molar-refractivity contribution is 6.43. The van der Waals surface area contributed by atoms with E-state index in [0.717, 1.165) is 12.8 Å². The van der Waals surface area contributed by atoms with Crippen LogP contribution in [0.1, 0.15) is 30.0 Å². The maximum atomic E-state index is 12.4. The summed E-state index contributed by atoms with van der Waals surface area (Å²) >= 11 is 12.1. The summed E-state index contributed by atoms with van der Waals surface area (Å²) < 4.78 is 0. The molecule has 0 saturated heterocycles. The molecule has 1 aliphatic rings. The van der Waals surface area contributed by atoms with Crippen LogP contribution in [0.4, 0.5) is 5.69 Å². The van der Waals surface area contributed by atoms with E-state index < -0.39 is 0 Å². The lowest BCUT2D eigenvalue weighted by Crippen LogP contribution is -3.10. The van der Waals surface area contributed by atoms with E-state index in [1.54, 1.807) is 18.2 Å².